The van der Waals surface area contributed by atoms with Crippen molar-refractivity contribution in [2.45, 2.75) is 39.0 Å². The summed E-state index contributed by atoms with van der Waals surface area (Å²) < 4.78 is 0. The molecule has 0 aliphatic heterocycles. The van der Waals surface area contributed by atoms with Crippen LogP contribution in [0.25, 0.3) is 0 Å². The highest BCUT2D eigenvalue weighted by Gasteiger charge is 2.26. The van der Waals surface area contributed by atoms with Crippen LogP contribution in [-0.4, -0.2) is 16.5 Å². The van der Waals surface area contributed by atoms with Crippen LogP contribution in [0.2, 0.25) is 5.28 Å². The molecule has 1 aliphatic carbocycles. The number of rotatable bonds is 3. The van der Waals surface area contributed by atoms with Gasteiger partial charge in [0.1, 0.15) is 0 Å². The fraction of sp³-hybridized carbons (Fsp3) is 0.667. The van der Waals surface area contributed by atoms with Gasteiger partial charge in [0.25, 0.3) is 0 Å². The van der Waals surface area contributed by atoms with Gasteiger partial charge in [0.2, 0.25) is 5.28 Å². The van der Waals surface area contributed by atoms with Crippen LogP contribution < -0.4 is 11.1 Å². The first-order valence-electron chi connectivity index (χ1n) is 6.11. The molecule has 0 amide bonds. The van der Waals surface area contributed by atoms with Gasteiger partial charge in [-0.25, -0.2) is 4.98 Å². The third-order valence-corrected chi connectivity index (χ3v) is 3.71. The summed E-state index contributed by atoms with van der Waals surface area (Å²) in [5.41, 5.74) is 6.70. The molecule has 1 aromatic heterocycles. The summed E-state index contributed by atoms with van der Waals surface area (Å²) in [6.45, 7) is 3.21. The van der Waals surface area contributed by atoms with Crippen LogP contribution in [-0.2, 0) is 0 Å². The molecular weight excluding hydrogens is 236 g/mol. The van der Waals surface area contributed by atoms with E-state index in [2.05, 4.69) is 22.2 Å². The average Bonchev–Trinajstić information content (AvgIpc) is 2.31. The second kappa shape index (κ2) is 5.08. The summed E-state index contributed by atoms with van der Waals surface area (Å²) in [7, 11) is 0. The van der Waals surface area contributed by atoms with Crippen molar-refractivity contribution in [1.29, 1.82) is 0 Å². The highest BCUT2D eigenvalue weighted by molar-refractivity contribution is 6.28. The molecule has 0 spiro atoms. The van der Waals surface area contributed by atoms with E-state index in [-0.39, 0.29) is 5.28 Å². The molecule has 0 aromatic carbocycles. The number of anilines is 2. The van der Waals surface area contributed by atoms with Gasteiger partial charge in [0.05, 0.1) is 11.9 Å². The Kier molecular flexibility index (Phi) is 3.72. The fourth-order valence-corrected chi connectivity index (χ4v) is 2.52. The summed E-state index contributed by atoms with van der Waals surface area (Å²) in [5, 5.41) is 3.54. The van der Waals surface area contributed by atoms with Crippen molar-refractivity contribution >= 4 is 23.1 Å². The van der Waals surface area contributed by atoms with Crippen LogP contribution in [0.15, 0.2) is 6.20 Å². The van der Waals surface area contributed by atoms with Gasteiger partial charge >= 0.3 is 0 Å². The van der Waals surface area contributed by atoms with Gasteiger partial charge in [-0.2, -0.15) is 4.98 Å². The molecule has 1 aromatic rings. The second-order valence-corrected chi connectivity index (χ2v) is 5.51. The third-order valence-electron chi connectivity index (χ3n) is 3.53. The maximum absolute atomic E-state index is 5.80. The minimum atomic E-state index is 0.232. The van der Waals surface area contributed by atoms with E-state index in [1.807, 2.05) is 0 Å². The minimum absolute atomic E-state index is 0.232. The second-order valence-electron chi connectivity index (χ2n) is 5.17. The van der Waals surface area contributed by atoms with E-state index in [0.29, 0.717) is 16.9 Å². The number of nitrogens with zero attached hydrogens (tertiary/aromatic N) is 2. The molecule has 3 N–H and O–H groups in total. The fourth-order valence-electron chi connectivity index (χ4n) is 2.39. The molecule has 17 heavy (non-hydrogen) atoms. The molecule has 1 saturated carbocycles. The molecule has 0 saturated heterocycles. The number of nitrogens with one attached hydrogen (secondary N) is 1. The smallest absolute Gasteiger partial charge is 0.224 e. The van der Waals surface area contributed by atoms with Crippen LogP contribution in [0.1, 0.15) is 39.0 Å². The molecule has 0 bridgehead atoms. The van der Waals surface area contributed by atoms with Crippen molar-refractivity contribution in [3.05, 3.63) is 11.5 Å². The van der Waals surface area contributed by atoms with E-state index >= 15 is 0 Å². The van der Waals surface area contributed by atoms with Crippen LogP contribution >= 0.6 is 11.6 Å². The lowest BCUT2D eigenvalue weighted by molar-refractivity contribution is 0.233. The maximum atomic E-state index is 5.80. The molecule has 2 rings (SSSR count). The zero-order chi connectivity index (χ0) is 12.3. The molecule has 0 unspecified atom stereocenters. The van der Waals surface area contributed by atoms with Crippen molar-refractivity contribution in [3.8, 4) is 0 Å². The van der Waals surface area contributed by atoms with Crippen LogP contribution in [0.3, 0.4) is 0 Å². The summed E-state index contributed by atoms with van der Waals surface area (Å²) in [6.07, 6.45) is 8.06. The Bertz CT molecular complexity index is 388. The molecule has 5 heteroatoms. The Morgan fingerprint density at radius 1 is 1.41 bits per heavy atom. The zero-order valence-electron chi connectivity index (χ0n) is 10.2. The van der Waals surface area contributed by atoms with E-state index < -0.39 is 0 Å². The topological polar surface area (TPSA) is 63.8 Å². The van der Waals surface area contributed by atoms with Gasteiger partial charge in [-0.1, -0.05) is 26.2 Å². The lowest BCUT2D eigenvalue weighted by atomic mass is 9.76. The van der Waals surface area contributed by atoms with Crippen molar-refractivity contribution < 1.29 is 0 Å². The molecule has 4 nitrogen and oxygen atoms in total. The Morgan fingerprint density at radius 3 is 2.82 bits per heavy atom. The van der Waals surface area contributed by atoms with Gasteiger partial charge in [0.15, 0.2) is 5.82 Å². The third kappa shape index (κ3) is 3.22. The summed E-state index contributed by atoms with van der Waals surface area (Å²) in [6, 6.07) is 0. The molecule has 94 valence electrons. The standard InChI is InChI=1S/C12H19ClN4/c1-12(5-3-2-4-6-12)8-16-10-9(14)7-15-11(13)17-10/h7H,2-6,8,14H2,1H3,(H,15,16,17). The SMILES string of the molecule is CC1(CNc2nc(Cl)ncc2N)CCCCC1. The van der Waals surface area contributed by atoms with E-state index in [1.165, 1.54) is 32.1 Å². The Labute approximate surface area is 107 Å². The summed E-state index contributed by atoms with van der Waals surface area (Å²) in [5.74, 6) is 0.650. The van der Waals surface area contributed by atoms with Crippen molar-refractivity contribution in [3.63, 3.8) is 0 Å². The van der Waals surface area contributed by atoms with E-state index in [0.717, 1.165) is 6.54 Å². The van der Waals surface area contributed by atoms with Crippen molar-refractivity contribution in [2.75, 3.05) is 17.6 Å². The first-order valence-corrected chi connectivity index (χ1v) is 6.49. The molecule has 1 aliphatic rings. The number of nitrogens with two attached hydrogens (primary N) is 1. The molecule has 1 heterocycles. The highest BCUT2D eigenvalue weighted by atomic mass is 35.5. The monoisotopic (exact) mass is 254 g/mol. The quantitative estimate of drug-likeness (QED) is 0.814. The summed E-state index contributed by atoms with van der Waals surface area (Å²) in [4.78, 5) is 7.95. The Hall–Kier alpha value is -1.03. The number of hydrogen-bond donors (Lipinski definition) is 2. The van der Waals surface area contributed by atoms with Crippen LogP contribution in [0.4, 0.5) is 11.5 Å². The molecule has 1 fully saturated rings. The number of halogens is 1. The molecule has 0 radical (unpaired) electrons. The molecule has 0 atom stereocenters. The lowest BCUT2D eigenvalue weighted by Gasteiger charge is -2.33. The first-order chi connectivity index (χ1) is 8.09. The van der Waals surface area contributed by atoms with Gasteiger partial charge in [-0.15, -0.1) is 0 Å². The lowest BCUT2D eigenvalue weighted by Crippen LogP contribution is -2.29. The van der Waals surface area contributed by atoms with E-state index in [4.69, 9.17) is 17.3 Å². The van der Waals surface area contributed by atoms with Gasteiger partial charge in [0, 0.05) is 6.54 Å². The number of aromatic nitrogens is 2. The van der Waals surface area contributed by atoms with E-state index in [9.17, 15) is 0 Å². The van der Waals surface area contributed by atoms with Crippen molar-refractivity contribution in [2.24, 2.45) is 5.41 Å². The van der Waals surface area contributed by atoms with Crippen LogP contribution in [0.5, 0.6) is 0 Å². The zero-order valence-corrected chi connectivity index (χ0v) is 10.9. The predicted octanol–water partition coefficient (Wildman–Crippen LogP) is 3.09. The first kappa shape index (κ1) is 12.4. The maximum Gasteiger partial charge on any atom is 0.224 e. The van der Waals surface area contributed by atoms with Crippen molar-refractivity contribution in [1.82, 2.24) is 9.97 Å². The highest BCUT2D eigenvalue weighted by Crippen LogP contribution is 2.36. The average molecular weight is 255 g/mol. The number of hydrogen-bond acceptors (Lipinski definition) is 4. The normalized spacial score (nSPS) is 18.9. The summed E-state index contributed by atoms with van der Waals surface area (Å²) >= 11 is 5.76. The van der Waals surface area contributed by atoms with Gasteiger partial charge in [-0.05, 0) is 29.9 Å². The predicted molar refractivity (Wildman–Crippen MR) is 71.1 cm³/mol. The van der Waals surface area contributed by atoms with Crippen LogP contribution in [0, 0.1) is 5.41 Å². The minimum Gasteiger partial charge on any atom is -0.394 e. The largest absolute Gasteiger partial charge is 0.394 e. The van der Waals surface area contributed by atoms with Gasteiger partial charge < -0.3 is 11.1 Å². The molecular formula is C12H19ClN4. The van der Waals surface area contributed by atoms with Gasteiger partial charge in [-0.3, -0.25) is 0 Å². The number of nitrogen functional groups attached to an aromatic ring is 1. The van der Waals surface area contributed by atoms with E-state index in [1.54, 1.807) is 6.20 Å². The Morgan fingerprint density at radius 2 is 2.12 bits per heavy atom. The Balaban J connectivity index is 1.99.